The summed E-state index contributed by atoms with van der Waals surface area (Å²) in [5.74, 6) is -0.106. The van der Waals surface area contributed by atoms with E-state index >= 15 is 0 Å². The van der Waals surface area contributed by atoms with Gasteiger partial charge in [-0.3, -0.25) is 9.59 Å². The van der Waals surface area contributed by atoms with Crippen molar-refractivity contribution in [3.63, 3.8) is 0 Å². The first-order valence-electron chi connectivity index (χ1n) is 9.56. The molecule has 144 valence electrons. The van der Waals surface area contributed by atoms with Crippen LogP contribution in [0.15, 0.2) is 36.9 Å². The maximum Gasteiger partial charge on any atom is 0.253 e. The second-order valence-electron chi connectivity index (χ2n) is 7.64. The molecule has 6 heteroatoms. The van der Waals surface area contributed by atoms with Crippen LogP contribution in [0.4, 0.5) is 0 Å². The number of nitrogens with one attached hydrogen (secondary N) is 1. The van der Waals surface area contributed by atoms with E-state index in [2.05, 4.69) is 16.4 Å². The molecule has 0 spiro atoms. The molecular weight excluding hydrogens is 340 g/mol. The van der Waals surface area contributed by atoms with Crippen LogP contribution in [0.3, 0.4) is 0 Å². The average Bonchev–Trinajstić information content (AvgIpc) is 3.13. The summed E-state index contributed by atoms with van der Waals surface area (Å²) < 4.78 is 1.95. The number of piperidine rings is 1. The second kappa shape index (κ2) is 8.37. The highest BCUT2D eigenvalue weighted by Crippen LogP contribution is 2.20. The summed E-state index contributed by atoms with van der Waals surface area (Å²) >= 11 is 0. The molecule has 0 aliphatic carbocycles. The number of aryl methyl sites for hydroxylation is 2. The Balaban J connectivity index is 1.59. The summed E-state index contributed by atoms with van der Waals surface area (Å²) in [6.07, 6.45) is 7.03. The number of carbonyl (C=O) groups excluding carboxylic acids is 2. The van der Waals surface area contributed by atoms with Crippen LogP contribution in [0.2, 0.25) is 0 Å². The number of imidazole rings is 1. The minimum atomic E-state index is -0.154. The van der Waals surface area contributed by atoms with Crippen molar-refractivity contribution in [3.8, 4) is 0 Å². The summed E-state index contributed by atoms with van der Waals surface area (Å²) in [6.45, 7) is 7.86. The lowest BCUT2D eigenvalue weighted by Crippen LogP contribution is -2.47. The topological polar surface area (TPSA) is 67.2 Å². The Morgan fingerprint density at radius 1 is 1.26 bits per heavy atom. The number of aromatic nitrogens is 2. The molecule has 1 N–H and O–H groups in total. The van der Waals surface area contributed by atoms with E-state index in [1.54, 1.807) is 12.5 Å². The van der Waals surface area contributed by atoms with Gasteiger partial charge in [-0.1, -0.05) is 17.2 Å². The van der Waals surface area contributed by atoms with Gasteiger partial charge < -0.3 is 14.8 Å². The van der Waals surface area contributed by atoms with E-state index < -0.39 is 0 Å². The molecule has 6 nitrogen and oxygen atoms in total. The van der Waals surface area contributed by atoms with Crippen molar-refractivity contribution in [1.29, 1.82) is 0 Å². The Morgan fingerprint density at radius 2 is 2.00 bits per heavy atom. The largest absolute Gasteiger partial charge is 0.352 e. The molecule has 2 atom stereocenters. The number of hydrogen-bond acceptors (Lipinski definition) is 3. The lowest BCUT2D eigenvalue weighted by Gasteiger charge is -2.33. The van der Waals surface area contributed by atoms with Crippen molar-refractivity contribution in [3.05, 3.63) is 53.6 Å². The van der Waals surface area contributed by atoms with Crippen molar-refractivity contribution in [2.24, 2.45) is 5.92 Å². The van der Waals surface area contributed by atoms with Gasteiger partial charge in [0.15, 0.2) is 0 Å². The SMILES string of the molecule is Cc1cc(C)cc(C(=O)N2CCC[C@H](C(=O)N[C@H](C)Cn3ccnc3)C2)c1. The quantitative estimate of drug-likeness (QED) is 0.882. The van der Waals surface area contributed by atoms with Gasteiger partial charge in [-0.05, 0) is 45.7 Å². The molecule has 1 saturated heterocycles. The number of benzene rings is 1. The maximum absolute atomic E-state index is 12.9. The molecule has 1 aliphatic rings. The Morgan fingerprint density at radius 3 is 2.67 bits per heavy atom. The second-order valence-corrected chi connectivity index (χ2v) is 7.64. The van der Waals surface area contributed by atoms with E-state index in [1.165, 1.54) is 0 Å². The molecule has 0 radical (unpaired) electrons. The third-order valence-corrected chi connectivity index (χ3v) is 4.98. The van der Waals surface area contributed by atoms with Crippen LogP contribution in [-0.2, 0) is 11.3 Å². The molecular formula is C21H28N4O2. The lowest BCUT2D eigenvalue weighted by atomic mass is 9.95. The van der Waals surface area contributed by atoms with Crippen LogP contribution in [0.5, 0.6) is 0 Å². The summed E-state index contributed by atoms with van der Waals surface area (Å²) in [7, 11) is 0. The molecule has 2 aromatic rings. The zero-order valence-corrected chi connectivity index (χ0v) is 16.3. The van der Waals surface area contributed by atoms with Gasteiger partial charge in [0, 0.05) is 43.6 Å². The van der Waals surface area contributed by atoms with Crippen molar-refractivity contribution in [2.75, 3.05) is 13.1 Å². The van der Waals surface area contributed by atoms with E-state index in [-0.39, 0.29) is 23.8 Å². The molecule has 27 heavy (non-hydrogen) atoms. The Bertz CT molecular complexity index is 780. The van der Waals surface area contributed by atoms with Crippen LogP contribution in [-0.4, -0.2) is 45.4 Å². The number of nitrogens with zero attached hydrogens (tertiary/aromatic N) is 3. The predicted molar refractivity (Wildman–Crippen MR) is 104 cm³/mol. The molecule has 0 saturated carbocycles. The molecule has 1 aliphatic heterocycles. The number of amides is 2. The Labute approximate surface area is 160 Å². The summed E-state index contributed by atoms with van der Waals surface area (Å²) in [5, 5.41) is 3.08. The standard InChI is InChI=1S/C21H28N4O2/c1-15-9-16(2)11-19(10-15)21(27)25-7-4-5-18(13-25)20(26)23-17(3)12-24-8-6-22-14-24/h6,8-11,14,17-18H,4-5,7,12-13H2,1-3H3,(H,23,26)/t17-,18+/m1/s1. The Hall–Kier alpha value is -2.63. The number of carbonyl (C=O) groups is 2. The smallest absolute Gasteiger partial charge is 0.253 e. The highest BCUT2D eigenvalue weighted by atomic mass is 16.2. The van der Waals surface area contributed by atoms with Crippen LogP contribution in [0.1, 0.15) is 41.3 Å². The normalized spacial score (nSPS) is 18.2. The fraction of sp³-hybridized carbons (Fsp3) is 0.476. The van der Waals surface area contributed by atoms with Crippen molar-refractivity contribution >= 4 is 11.8 Å². The first-order valence-corrected chi connectivity index (χ1v) is 9.56. The van der Waals surface area contributed by atoms with E-state index in [0.29, 0.717) is 25.2 Å². The number of rotatable bonds is 5. The maximum atomic E-state index is 12.9. The molecule has 2 amide bonds. The van der Waals surface area contributed by atoms with Crippen molar-refractivity contribution < 1.29 is 9.59 Å². The van der Waals surface area contributed by atoms with Crippen molar-refractivity contribution in [2.45, 2.75) is 46.2 Å². The summed E-state index contributed by atoms with van der Waals surface area (Å²) in [5.41, 5.74) is 2.87. The van der Waals surface area contributed by atoms with Gasteiger partial charge in [0.2, 0.25) is 5.91 Å². The van der Waals surface area contributed by atoms with E-state index in [1.807, 2.05) is 48.6 Å². The van der Waals surface area contributed by atoms with Crippen LogP contribution < -0.4 is 5.32 Å². The number of hydrogen-bond donors (Lipinski definition) is 1. The van der Waals surface area contributed by atoms with Gasteiger partial charge in [0.25, 0.3) is 5.91 Å². The molecule has 1 fully saturated rings. The van der Waals surface area contributed by atoms with Crippen molar-refractivity contribution in [1.82, 2.24) is 19.8 Å². The van der Waals surface area contributed by atoms with Gasteiger partial charge >= 0.3 is 0 Å². The zero-order chi connectivity index (χ0) is 19.4. The van der Waals surface area contributed by atoms with Gasteiger partial charge in [-0.15, -0.1) is 0 Å². The van der Waals surface area contributed by atoms with Gasteiger partial charge in [-0.2, -0.15) is 0 Å². The predicted octanol–water partition coefficient (Wildman–Crippen LogP) is 2.56. The van der Waals surface area contributed by atoms with Gasteiger partial charge in [-0.25, -0.2) is 4.98 Å². The molecule has 2 heterocycles. The first kappa shape index (κ1) is 19.1. The zero-order valence-electron chi connectivity index (χ0n) is 16.3. The van der Waals surface area contributed by atoms with Crippen LogP contribution in [0.25, 0.3) is 0 Å². The summed E-state index contributed by atoms with van der Waals surface area (Å²) in [6, 6.07) is 5.92. The molecule has 1 aromatic heterocycles. The minimum absolute atomic E-state index is 0.0113. The van der Waals surface area contributed by atoms with Gasteiger partial charge in [0.05, 0.1) is 12.2 Å². The Kier molecular flexibility index (Phi) is 5.94. The van der Waals surface area contributed by atoms with E-state index in [9.17, 15) is 9.59 Å². The minimum Gasteiger partial charge on any atom is -0.352 e. The van der Waals surface area contributed by atoms with E-state index in [4.69, 9.17) is 0 Å². The van der Waals surface area contributed by atoms with Gasteiger partial charge in [0.1, 0.15) is 0 Å². The summed E-state index contributed by atoms with van der Waals surface area (Å²) in [4.78, 5) is 31.4. The third kappa shape index (κ3) is 4.96. The fourth-order valence-electron chi connectivity index (χ4n) is 3.77. The average molecular weight is 368 g/mol. The number of likely N-dealkylation sites (tertiary alicyclic amines) is 1. The molecule has 0 unspecified atom stereocenters. The van der Waals surface area contributed by atoms with Crippen LogP contribution >= 0.6 is 0 Å². The molecule has 0 bridgehead atoms. The fourth-order valence-corrected chi connectivity index (χ4v) is 3.77. The first-order chi connectivity index (χ1) is 12.9. The van der Waals surface area contributed by atoms with Crippen LogP contribution in [0, 0.1) is 19.8 Å². The van der Waals surface area contributed by atoms with E-state index in [0.717, 1.165) is 24.0 Å². The lowest BCUT2D eigenvalue weighted by molar-refractivity contribution is -0.127. The highest BCUT2D eigenvalue weighted by molar-refractivity contribution is 5.95. The highest BCUT2D eigenvalue weighted by Gasteiger charge is 2.29. The molecule has 3 rings (SSSR count). The monoisotopic (exact) mass is 368 g/mol. The third-order valence-electron chi connectivity index (χ3n) is 4.98. The molecule has 1 aromatic carbocycles.